The third kappa shape index (κ3) is 5.94. The van der Waals surface area contributed by atoms with Crippen LogP contribution < -0.4 is 23.7 Å². The van der Waals surface area contributed by atoms with Gasteiger partial charge in [-0.3, -0.25) is 0 Å². The Morgan fingerprint density at radius 2 is 1.33 bits per heavy atom. The van der Waals surface area contributed by atoms with Gasteiger partial charge in [-0.15, -0.1) is 0 Å². The first-order valence-electron chi connectivity index (χ1n) is 9.09. The smallest absolute Gasteiger partial charge is 0.331 e. The van der Waals surface area contributed by atoms with Crippen molar-refractivity contribution in [2.45, 2.75) is 0 Å². The molecule has 160 valence electrons. The van der Waals surface area contributed by atoms with Crippen molar-refractivity contribution in [3.8, 4) is 28.7 Å². The lowest BCUT2D eigenvalue weighted by Gasteiger charge is -2.12. The van der Waals surface area contributed by atoms with Gasteiger partial charge in [0, 0.05) is 6.08 Å². The molecule has 0 heterocycles. The van der Waals surface area contributed by atoms with Crippen molar-refractivity contribution < 1.29 is 33.2 Å². The molecule has 0 atom stereocenters. The molecular formula is C23H26O7. The lowest BCUT2D eigenvalue weighted by molar-refractivity contribution is -0.136. The van der Waals surface area contributed by atoms with Crippen LogP contribution in [0.15, 0.2) is 42.5 Å². The minimum Gasteiger partial charge on any atom is -0.493 e. The lowest BCUT2D eigenvalue weighted by atomic mass is 10.1. The fraction of sp³-hybridized carbons (Fsp3) is 0.261. The first kappa shape index (κ1) is 22.7. The summed E-state index contributed by atoms with van der Waals surface area (Å²) in [5, 5.41) is 0. The maximum Gasteiger partial charge on any atom is 0.331 e. The molecule has 0 bridgehead atoms. The van der Waals surface area contributed by atoms with Crippen molar-refractivity contribution in [2.24, 2.45) is 0 Å². The monoisotopic (exact) mass is 414 g/mol. The largest absolute Gasteiger partial charge is 0.493 e. The average Bonchev–Trinajstić information content (AvgIpc) is 2.79. The zero-order valence-corrected chi connectivity index (χ0v) is 17.8. The second-order valence-corrected chi connectivity index (χ2v) is 5.94. The Labute approximate surface area is 176 Å². The molecule has 7 heteroatoms. The molecule has 30 heavy (non-hydrogen) atoms. The maximum absolute atomic E-state index is 12.0. The fourth-order valence-electron chi connectivity index (χ4n) is 2.68. The number of carbonyl (C=O) groups is 1. The van der Waals surface area contributed by atoms with Crippen LogP contribution in [0.4, 0.5) is 0 Å². The Morgan fingerprint density at radius 3 is 1.90 bits per heavy atom. The zero-order valence-electron chi connectivity index (χ0n) is 17.8. The third-order valence-electron chi connectivity index (χ3n) is 4.14. The quantitative estimate of drug-likeness (QED) is 0.430. The van der Waals surface area contributed by atoms with Gasteiger partial charge in [-0.05, 0) is 47.5 Å². The summed E-state index contributed by atoms with van der Waals surface area (Å²) in [7, 11) is 7.75. The number of benzene rings is 2. The second-order valence-electron chi connectivity index (χ2n) is 5.94. The van der Waals surface area contributed by atoms with Crippen molar-refractivity contribution in [3.63, 3.8) is 0 Å². The lowest BCUT2D eigenvalue weighted by Crippen LogP contribution is -2.00. The molecule has 0 radical (unpaired) electrons. The molecule has 0 aliphatic rings. The average molecular weight is 414 g/mol. The Balaban J connectivity index is 1.96. The Morgan fingerprint density at radius 1 is 0.733 bits per heavy atom. The van der Waals surface area contributed by atoms with E-state index in [1.165, 1.54) is 27.4 Å². The molecule has 2 aromatic rings. The van der Waals surface area contributed by atoms with Gasteiger partial charge < -0.3 is 28.4 Å². The van der Waals surface area contributed by atoms with Crippen molar-refractivity contribution in [2.75, 3.05) is 42.2 Å². The van der Waals surface area contributed by atoms with E-state index < -0.39 is 5.97 Å². The molecule has 2 rings (SSSR count). The van der Waals surface area contributed by atoms with Crippen molar-refractivity contribution >= 4 is 18.1 Å². The van der Waals surface area contributed by atoms with Gasteiger partial charge in [0.25, 0.3) is 0 Å². The van der Waals surface area contributed by atoms with E-state index >= 15 is 0 Å². The number of ether oxygens (including phenoxy) is 6. The molecule has 0 aromatic heterocycles. The second kappa shape index (κ2) is 11.4. The highest BCUT2D eigenvalue weighted by Crippen LogP contribution is 2.38. The minimum absolute atomic E-state index is 0.132. The summed E-state index contributed by atoms with van der Waals surface area (Å²) in [5.74, 6) is 2.30. The Bertz CT molecular complexity index is 891. The SMILES string of the molecule is COc1ccc(/C=C/COC(=O)/C=C/c2cc(OC)c(OC)c(OC)c2)cc1OC. The number of hydrogen-bond acceptors (Lipinski definition) is 7. The van der Waals surface area contributed by atoms with Crippen molar-refractivity contribution in [1.29, 1.82) is 0 Å². The van der Waals surface area contributed by atoms with E-state index in [0.29, 0.717) is 34.3 Å². The number of hydrogen-bond donors (Lipinski definition) is 0. The molecule has 2 aromatic carbocycles. The van der Waals surface area contributed by atoms with Gasteiger partial charge >= 0.3 is 5.97 Å². The van der Waals surface area contributed by atoms with E-state index in [1.807, 2.05) is 24.3 Å². The summed E-state index contributed by atoms with van der Waals surface area (Å²) in [6, 6.07) is 9.00. The highest BCUT2D eigenvalue weighted by molar-refractivity contribution is 5.87. The molecule has 0 spiro atoms. The highest BCUT2D eigenvalue weighted by Gasteiger charge is 2.12. The predicted molar refractivity (Wildman–Crippen MR) is 115 cm³/mol. The van der Waals surface area contributed by atoms with Gasteiger partial charge in [0.1, 0.15) is 6.61 Å². The molecule has 0 fully saturated rings. The molecule has 0 amide bonds. The van der Waals surface area contributed by atoms with Gasteiger partial charge in [-0.1, -0.05) is 12.1 Å². The van der Waals surface area contributed by atoms with Gasteiger partial charge in [0.05, 0.1) is 35.5 Å². The van der Waals surface area contributed by atoms with E-state index in [2.05, 4.69) is 0 Å². The van der Waals surface area contributed by atoms with Gasteiger partial charge in [0.2, 0.25) is 5.75 Å². The molecule has 7 nitrogen and oxygen atoms in total. The third-order valence-corrected chi connectivity index (χ3v) is 4.14. The van der Waals surface area contributed by atoms with Crippen LogP contribution >= 0.6 is 0 Å². The summed E-state index contributed by atoms with van der Waals surface area (Å²) < 4.78 is 31.5. The summed E-state index contributed by atoms with van der Waals surface area (Å²) in [6.07, 6.45) is 6.53. The number of methoxy groups -OCH3 is 5. The summed E-state index contributed by atoms with van der Waals surface area (Å²) in [6.45, 7) is 0.132. The van der Waals surface area contributed by atoms with E-state index in [-0.39, 0.29) is 6.61 Å². The van der Waals surface area contributed by atoms with E-state index in [0.717, 1.165) is 5.56 Å². The van der Waals surface area contributed by atoms with Gasteiger partial charge in [0.15, 0.2) is 23.0 Å². The number of esters is 1. The van der Waals surface area contributed by atoms with E-state index in [1.54, 1.807) is 38.5 Å². The number of rotatable bonds is 10. The predicted octanol–water partition coefficient (Wildman–Crippen LogP) is 4.00. The van der Waals surface area contributed by atoms with Crippen LogP contribution in [-0.4, -0.2) is 48.1 Å². The Hall–Kier alpha value is -3.61. The van der Waals surface area contributed by atoms with E-state index in [4.69, 9.17) is 28.4 Å². The van der Waals surface area contributed by atoms with Crippen LogP contribution in [0.25, 0.3) is 12.2 Å². The molecular weight excluding hydrogens is 388 g/mol. The molecule has 0 aliphatic heterocycles. The van der Waals surface area contributed by atoms with Crippen molar-refractivity contribution in [1.82, 2.24) is 0 Å². The number of carbonyl (C=O) groups excluding carboxylic acids is 1. The molecule has 0 unspecified atom stereocenters. The summed E-state index contributed by atoms with van der Waals surface area (Å²) in [5.41, 5.74) is 1.61. The van der Waals surface area contributed by atoms with Crippen LogP contribution in [0.5, 0.6) is 28.7 Å². The molecule has 0 N–H and O–H groups in total. The van der Waals surface area contributed by atoms with Crippen LogP contribution in [0.1, 0.15) is 11.1 Å². The topological polar surface area (TPSA) is 72.5 Å². The van der Waals surface area contributed by atoms with E-state index in [9.17, 15) is 4.79 Å². The first-order chi connectivity index (χ1) is 14.6. The molecule has 0 saturated carbocycles. The first-order valence-corrected chi connectivity index (χ1v) is 9.09. The summed E-state index contributed by atoms with van der Waals surface area (Å²) >= 11 is 0. The van der Waals surface area contributed by atoms with Crippen LogP contribution in [0.2, 0.25) is 0 Å². The van der Waals surface area contributed by atoms with Gasteiger partial charge in [-0.25, -0.2) is 4.79 Å². The Kier molecular flexibility index (Phi) is 8.62. The van der Waals surface area contributed by atoms with Gasteiger partial charge in [-0.2, -0.15) is 0 Å². The standard InChI is InChI=1S/C23H26O7/c1-25-18-10-8-16(13-19(18)26-2)7-6-12-30-22(24)11-9-17-14-20(27-3)23(29-5)21(15-17)28-4/h6-11,13-15H,12H2,1-5H3/b7-6+,11-9+. The highest BCUT2D eigenvalue weighted by atomic mass is 16.5. The van der Waals surface area contributed by atoms with Crippen LogP contribution in [0, 0.1) is 0 Å². The fourth-order valence-corrected chi connectivity index (χ4v) is 2.68. The zero-order chi connectivity index (χ0) is 21.9. The van der Waals surface area contributed by atoms with Crippen LogP contribution in [0.3, 0.4) is 0 Å². The normalized spacial score (nSPS) is 10.8. The van der Waals surface area contributed by atoms with Crippen molar-refractivity contribution in [3.05, 3.63) is 53.6 Å². The molecule has 0 saturated heterocycles. The minimum atomic E-state index is -0.472. The summed E-state index contributed by atoms with van der Waals surface area (Å²) in [4.78, 5) is 12.0. The maximum atomic E-state index is 12.0. The van der Waals surface area contributed by atoms with Crippen LogP contribution in [-0.2, 0) is 9.53 Å². The molecule has 0 aliphatic carbocycles.